The zero-order valence-electron chi connectivity index (χ0n) is 14.9. The molecule has 0 radical (unpaired) electrons. The number of pyridine rings is 1. The van der Waals surface area contributed by atoms with Crippen molar-refractivity contribution in [3.63, 3.8) is 0 Å². The second kappa shape index (κ2) is 7.37. The molecule has 0 spiro atoms. The Kier molecular flexibility index (Phi) is 4.78. The van der Waals surface area contributed by atoms with Gasteiger partial charge in [-0.15, -0.1) is 0 Å². The molecule has 27 heavy (non-hydrogen) atoms. The highest BCUT2D eigenvalue weighted by Crippen LogP contribution is 2.39. The maximum absolute atomic E-state index is 12.4. The van der Waals surface area contributed by atoms with Gasteiger partial charge in [0.1, 0.15) is 17.2 Å². The Labute approximate surface area is 158 Å². The van der Waals surface area contributed by atoms with Crippen molar-refractivity contribution >= 4 is 5.78 Å². The van der Waals surface area contributed by atoms with Crippen LogP contribution in [0, 0.1) is 23.2 Å². The quantitative estimate of drug-likeness (QED) is 0.822. The molecular weight excluding hydrogens is 342 g/mol. The molecule has 6 heteroatoms. The average Bonchev–Trinajstić information content (AvgIpc) is 3.20. The summed E-state index contributed by atoms with van der Waals surface area (Å²) in [5.41, 5.74) is 1.03. The largest absolute Gasteiger partial charge is 0.506 e. The summed E-state index contributed by atoms with van der Waals surface area (Å²) in [6.45, 7) is 2.18. The molecule has 0 amide bonds. The van der Waals surface area contributed by atoms with Crippen LogP contribution < -0.4 is 4.74 Å². The SMILES string of the molecule is N#Cc1ccc(O[C@H]2C[C@@H]3CN(CC(=O)c4ccc(O)cn4)C[C@@H]3C2)cc1. The highest BCUT2D eigenvalue weighted by atomic mass is 16.5. The second-order valence-electron chi connectivity index (χ2n) is 7.39. The second-order valence-corrected chi connectivity index (χ2v) is 7.39. The highest BCUT2D eigenvalue weighted by Gasteiger charge is 2.42. The third-order valence-corrected chi connectivity index (χ3v) is 5.47. The van der Waals surface area contributed by atoms with E-state index in [1.807, 2.05) is 12.1 Å². The van der Waals surface area contributed by atoms with Crippen LogP contribution in [0.5, 0.6) is 11.5 Å². The monoisotopic (exact) mass is 363 g/mol. The maximum Gasteiger partial charge on any atom is 0.195 e. The molecule has 2 fully saturated rings. The van der Waals surface area contributed by atoms with E-state index in [4.69, 9.17) is 10.00 Å². The van der Waals surface area contributed by atoms with Crippen LogP contribution in [0.4, 0.5) is 0 Å². The summed E-state index contributed by atoms with van der Waals surface area (Å²) in [4.78, 5) is 18.6. The lowest BCUT2D eigenvalue weighted by Gasteiger charge is -2.19. The van der Waals surface area contributed by atoms with Gasteiger partial charge in [0.05, 0.1) is 30.5 Å². The zero-order chi connectivity index (χ0) is 18.8. The molecule has 1 aromatic heterocycles. The lowest BCUT2D eigenvalue weighted by molar-refractivity contribution is 0.0932. The predicted octanol–water partition coefficient (Wildman–Crippen LogP) is 2.63. The lowest BCUT2D eigenvalue weighted by Crippen LogP contribution is -2.30. The number of likely N-dealkylation sites (tertiary alicyclic amines) is 1. The smallest absolute Gasteiger partial charge is 0.195 e. The zero-order valence-corrected chi connectivity index (χ0v) is 14.9. The number of nitrogens with zero attached hydrogens (tertiary/aromatic N) is 3. The Hall–Kier alpha value is -2.91. The van der Waals surface area contributed by atoms with Crippen molar-refractivity contribution < 1.29 is 14.6 Å². The molecule has 0 unspecified atom stereocenters. The van der Waals surface area contributed by atoms with Crippen LogP contribution in [-0.4, -0.2) is 46.5 Å². The molecule has 1 saturated carbocycles. The van der Waals surface area contributed by atoms with Gasteiger partial charge in [0.25, 0.3) is 0 Å². The summed E-state index contributed by atoms with van der Waals surface area (Å²) in [5, 5.41) is 18.1. The number of carbonyl (C=O) groups is 1. The summed E-state index contributed by atoms with van der Waals surface area (Å²) in [6.07, 6.45) is 3.49. The van der Waals surface area contributed by atoms with Crippen molar-refractivity contribution in [3.8, 4) is 17.6 Å². The highest BCUT2D eigenvalue weighted by molar-refractivity contribution is 5.95. The number of aromatic hydroxyl groups is 1. The number of benzene rings is 1. The lowest BCUT2D eigenvalue weighted by atomic mass is 10.0. The Morgan fingerprint density at radius 1 is 1.19 bits per heavy atom. The van der Waals surface area contributed by atoms with E-state index in [1.165, 1.54) is 12.3 Å². The van der Waals surface area contributed by atoms with E-state index in [0.29, 0.717) is 29.6 Å². The van der Waals surface area contributed by atoms with Crippen LogP contribution in [0.15, 0.2) is 42.6 Å². The van der Waals surface area contributed by atoms with Crippen LogP contribution >= 0.6 is 0 Å². The first-order valence-corrected chi connectivity index (χ1v) is 9.18. The van der Waals surface area contributed by atoms with E-state index in [-0.39, 0.29) is 17.6 Å². The summed E-state index contributed by atoms with van der Waals surface area (Å²) in [7, 11) is 0. The van der Waals surface area contributed by atoms with Crippen molar-refractivity contribution in [2.45, 2.75) is 18.9 Å². The Morgan fingerprint density at radius 3 is 2.48 bits per heavy atom. The molecule has 2 aromatic rings. The Balaban J connectivity index is 1.28. The molecule has 0 bridgehead atoms. The Bertz CT molecular complexity index is 844. The molecule has 4 rings (SSSR count). The third kappa shape index (κ3) is 3.93. The van der Waals surface area contributed by atoms with E-state index in [0.717, 1.165) is 31.7 Å². The molecule has 1 aliphatic heterocycles. The van der Waals surface area contributed by atoms with Crippen LogP contribution in [0.1, 0.15) is 28.9 Å². The summed E-state index contributed by atoms with van der Waals surface area (Å²) >= 11 is 0. The van der Waals surface area contributed by atoms with Gasteiger partial charge in [-0.2, -0.15) is 5.26 Å². The predicted molar refractivity (Wildman–Crippen MR) is 98.5 cm³/mol. The van der Waals surface area contributed by atoms with Gasteiger partial charge in [-0.1, -0.05) is 0 Å². The van der Waals surface area contributed by atoms with E-state index in [9.17, 15) is 9.90 Å². The molecule has 6 nitrogen and oxygen atoms in total. The van der Waals surface area contributed by atoms with Crippen LogP contribution in [0.25, 0.3) is 0 Å². The third-order valence-electron chi connectivity index (χ3n) is 5.47. The number of nitriles is 1. The number of hydrogen-bond donors (Lipinski definition) is 1. The number of Topliss-reactive ketones (excluding diaryl/α,β-unsaturated/α-hetero) is 1. The van der Waals surface area contributed by atoms with Gasteiger partial charge in [-0.05, 0) is 61.1 Å². The molecule has 2 heterocycles. The minimum atomic E-state index is -0.0136. The molecule has 138 valence electrons. The van der Waals surface area contributed by atoms with Crippen LogP contribution in [0.2, 0.25) is 0 Å². The van der Waals surface area contributed by atoms with Gasteiger partial charge in [-0.3, -0.25) is 9.69 Å². The van der Waals surface area contributed by atoms with Gasteiger partial charge in [0.2, 0.25) is 0 Å². The van der Waals surface area contributed by atoms with Crippen LogP contribution in [-0.2, 0) is 0 Å². The van der Waals surface area contributed by atoms with Crippen molar-refractivity contribution in [3.05, 3.63) is 53.9 Å². The molecule has 3 atom stereocenters. The van der Waals surface area contributed by atoms with Crippen LogP contribution in [0.3, 0.4) is 0 Å². The number of ether oxygens (including phenoxy) is 1. The van der Waals surface area contributed by atoms with E-state index >= 15 is 0 Å². The maximum atomic E-state index is 12.4. The van der Waals surface area contributed by atoms with Gasteiger partial charge < -0.3 is 9.84 Å². The molecule has 1 aliphatic carbocycles. The minimum absolute atomic E-state index is 0.0136. The van der Waals surface area contributed by atoms with E-state index in [1.54, 1.807) is 18.2 Å². The number of rotatable bonds is 5. The topological polar surface area (TPSA) is 86.5 Å². The molecule has 1 aromatic carbocycles. The molecule has 2 aliphatic rings. The molecule has 1 N–H and O–H groups in total. The van der Waals surface area contributed by atoms with Crippen molar-refractivity contribution in [2.24, 2.45) is 11.8 Å². The summed E-state index contributed by atoms with van der Waals surface area (Å²) in [6, 6.07) is 12.4. The molecule has 1 saturated heterocycles. The molecular formula is C21H21N3O3. The summed E-state index contributed by atoms with van der Waals surface area (Å²) < 4.78 is 6.08. The fourth-order valence-corrected chi connectivity index (χ4v) is 4.20. The van der Waals surface area contributed by atoms with Crippen molar-refractivity contribution in [1.29, 1.82) is 5.26 Å². The normalized spacial score (nSPS) is 24.3. The van der Waals surface area contributed by atoms with E-state index in [2.05, 4.69) is 16.0 Å². The first-order chi connectivity index (χ1) is 13.1. The Morgan fingerprint density at radius 2 is 1.89 bits per heavy atom. The first kappa shape index (κ1) is 17.5. The van der Waals surface area contributed by atoms with Crippen molar-refractivity contribution in [1.82, 2.24) is 9.88 Å². The fraction of sp³-hybridized carbons (Fsp3) is 0.381. The first-order valence-electron chi connectivity index (χ1n) is 9.18. The van der Waals surface area contributed by atoms with Gasteiger partial charge in [-0.25, -0.2) is 4.98 Å². The average molecular weight is 363 g/mol. The van der Waals surface area contributed by atoms with Gasteiger partial charge >= 0.3 is 0 Å². The van der Waals surface area contributed by atoms with E-state index < -0.39 is 0 Å². The summed E-state index contributed by atoms with van der Waals surface area (Å²) in [5.74, 6) is 1.96. The standard InChI is InChI=1S/C21H21N3O3/c22-9-14-1-4-18(5-2-14)27-19-7-15-11-24(12-16(15)8-19)13-21(26)20-6-3-17(25)10-23-20/h1-6,10,15-16,19,25H,7-8,11-13H2/t15-,16+,19+. The van der Waals surface area contributed by atoms with Gasteiger partial charge in [0.15, 0.2) is 5.78 Å². The number of aromatic nitrogens is 1. The van der Waals surface area contributed by atoms with Gasteiger partial charge in [0, 0.05) is 13.1 Å². The number of fused-ring (bicyclic) bond motifs is 1. The minimum Gasteiger partial charge on any atom is -0.506 e. The number of hydrogen-bond acceptors (Lipinski definition) is 6. The fourth-order valence-electron chi connectivity index (χ4n) is 4.20. The van der Waals surface area contributed by atoms with Crippen molar-refractivity contribution in [2.75, 3.05) is 19.6 Å². The number of ketones is 1. The number of carbonyl (C=O) groups excluding carboxylic acids is 1.